The van der Waals surface area contributed by atoms with Crippen molar-refractivity contribution >= 4 is 0 Å². The molecule has 0 spiro atoms. The van der Waals surface area contributed by atoms with Crippen molar-refractivity contribution in [1.82, 2.24) is 10.2 Å². The van der Waals surface area contributed by atoms with Crippen molar-refractivity contribution in [2.75, 3.05) is 33.3 Å². The van der Waals surface area contributed by atoms with Crippen molar-refractivity contribution in [3.05, 3.63) is 0 Å². The van der Waals surface area contributed by atoms with Crippen molar-refractivity contribution < 1.29 is 4.74 Å². The third-order valence-electron chi connectivity index (χ3n) is 3.63. The SMILES string of the molecule is CN1CCC(NCC2CCCCO2)CC1. The maximum absolute atomic E-state index is 5.72. The molecule has 2 aliphatic rings. The Morgan fingerprint density at radius 2 is 2.00 bits per heavy atom. The molecule has 1 atom stereocenters. The summed E-state index contributed by atoms with van der Waals surface area (Å²) in [6.45, 7) is 4.51. The van der Waals surface area contributed by atoms with Crippen LogP contribution in [0.5, 0.6) is 0 Å². The molecule has 0 aromatic rings. The quantitative estimate of drug-likeness (QED) is 0.762. The average molecular weight is 212 g/mol. The van der Waals surface area contributed by atoms with E-state index in [2.05, 4.69) is 17.3 Å². The summed E-state index contributed by atoms with van der Waals surface area (Å²) < 4.78 is 5.72. The van der Waals surface area contributed by atoms with Gasteiger partial charge in [0.25, 0.3) is 0 Å². The topological polar surface area (TPSA) is 24.5 Å². The first kappa shape index (κ1) is 11.4. The Labute approximate surface area is 93.2 Å². The van der Waals surface area contributed by atoms with Crippen molar-refractivity contribution in [2.24, 2.45) is 0 Å². The van der Waals surface area contributed by atoms with Gasteiger partial charge in [-0.15, -0.1) is 0 Å². The number of likely N-dealkylation sites (tertiary alicyclic amines) is 1. The number of hydrogen-bond acceptors (Lipinski definition) is 3. The van der Waals surface area contributed by atoms with Gasteiger partial charge in [0, 0.05) is 19.2 Å². The molecule has 2 heterocycles. The molecule has 1 unspecified atom stereocenters. The Morgan fingerprint density at radius 1 is 1.20 bits per heavy atom. The van der Waals surface area contributed by atoms with E-state index in [-0.39, 0.29) is 0 Å². The van der Waals surface area contributed by atoms with Crippen LogP contribution in [0, 0.1) is 0 Å². The maximum atomic E-state index is 5.72. The zero-order valence-electron chi connectivity index (χ0n) is 9.87. The lowest BCUT2D eigenvalue weighted by molar-refractivity contribution is 0.0141. The van der Waals surface area contributed by atoms with E-state index in [9.17, 15) is 0 Å². The molecule has 2 aliphatic heterocycles. The minimum atomic E-state index is 0.485. The third-order valence-corrected chi connectivity index (χ3v) is 3.63. The van der Waals surface area contributed by atoms with Gasteiger partial charge in [0.15, 0.2) is 0 Å². The fourth-order valence-electron chi connectivity index (χ4n) is 2.48. The van der Waals surface area contributed by atoms with Crippen LogP contribution >= 0.6 is 0 Å². The van der Waals surface area contributed by atoms with E-state index < -0.39 is 0 Å². The number of ether oxygens (including phenoxy) is 1. The summed E-state index contributed by atoms with van der Waals surface area (Å²) in [7, 11) is 2.21. The molecule has 3 nitrogen and oxygen atoms in total. The molecule has 1 N–H and O–H groups in total. The Kier molecular flexibility index (Phi) is 4.42. The second-order valence-corrected chi connectivity index (χ2v) is 4.97. The van der Waals surface area contributed by atoms with Crippen LogP contribution in [0.15, 0.2) is 0 Å². The van der Waals surface area contributed by atoms with Gasteiger partial charge in [0.1, 0.15) is 0 Å². The maximum Gasteiger partial charge on any atom is 0.0699 e. The fraction of sp³-hybridized carbons (Fsp3) is 1.00. The largest absolute Gasteiger partial charge is 0.377 e. The number of rotatable bonds is 3. The van der Waals surface area contributed by atoms with Gasteiger partial charge in [-0.25, -0.2) is 0 Å². The van der Waals surface area contributed by atoms with Crippen molar-refractivity contribution in [2.45, 2.75) is 44.2 Å². The monoisotopic (exact) mass is 212 g/mol. The molecule has 0 radical (unpaired) electrons. The van der Waals surface area contributed by atoms with Crippen molar-refractivity contribution in [1.29, 1.82) is 0 Å². The van der Waals surface area contributed by atoms with Crippen LogP contribution in [-0.4, -0.2) is 50.3 Å². The van der Waals surface area contributed by atoms with Crippen LogP contribution in [0.3, 0.4) is 0 Å². The van der Waals surface area contributed by atoms with E-state index in [0.717, 1.165) is 19.2 Å². The summed E-state index contributed by atoms with van der Waals surface area (Å²) in [6.07, 6.45) is 6.93. The Hall–Kier alpha value is -0.120. The van der Waals surface area contributed by atoms with Gasteiger partial charge < -0.3 is 15.0 Å². The van der Waals surface area contributed by atoms with Crippen LogP contribution in [0.1, 0.15) is 32.1 Å². The molecule has 3 heteroatoms. The van der Waals surface area contributed by atoms with Crippen LogP contribution in [-0.2, 0) is 4.74 Å². The summed E-state index contributed by atoms with van der Waals surface area (Å²) in [6, 6.07) is 0.728. The molecule has 0 amide bonds. The molecule has 15 heavy (non-hydrogen) atoms. The predicted octanol–water partition coefficient (Wildman–Crippen LogP) is 1.24. The van der Waals surface area contributed by atoms with E-state index in [1.807, 2.05) is 0 Å². The molecular weight excluding hydrogens is 188 g/mol. The molecule has 0 saturated carbocycles. The zero-order valence-corrected chi connectivity index (χ0v) is 9.87. The first-order chi connectivity index (χ1) is 7.34. The third kappa shape index (κ3) is 3.74. The molecular formula is C12H24N2O. The lowest BCUT2D eigenvalue weighted by atomic mass is 10.0. The summed E-state index contributed by atoms with van der Waals surface area (Å²) in [5.41, 5.74) is 0. The van der Waals surface area contributed by atoms with Crippen LogP contribution in [0.2, 0.25) is 0 Å². The highest BCUT2D eigenvalue weighted by Gasteiger charge is 2.19. The number of piperidine rings is 1. The normalized spacial score (nSPS) is 30.6. The average Bonchev–Trinajstić information content (AvgIpc) is 2.30. The molecule has 0 bridgehead atoms. The number of hydrogen-bond donors (Lipinski definition) is 1. The van der Waals surface area contributed by atoms with Gasteiger partial charge in [-0.2, -0.15) is 0 Å². The van der Waals surface area contributed by atoms with Gasteiger partial charge in [0.2, 0.25) is 0 Å². The van der Waals surface area contributed by atoms with E-state index in [0.29, 0.717) is 6.10 Å². The fourth-order valence-corrected chi connectivity index (χ4v) is 2.48. The molecule has 2 saturated heterocycles. The van der Waals surface area contributed by atoms with Gasteiger partial charge in [-0.05, 0) is 52.2 Å². The molecule has 2 rings (SSSR count). The standard InChI is InChI=1S/C12H24N2O/c1-14-7-5-11(6-8-14)13-10-12-4-2-3-9-15-12/h11-13H,2-10H2,1H3. The molecule has 0 aromatic carbocycles. The molecule has 0 aliphatic carbocycles. The van der Waals surface area contributed by atoms with E-state index in [4.69, 9.17) is 4.74 Å². The Balaban J connectivity index is 1.60. The van der Waals surface area contributed by atoms with Gasteiger partial charge >= 0.3 is 0 Å². The van der Waals surface area contributed by atoms with Crippen LogP contribution < -0.4 is 5.32 Å². The van der Waals surface area contributed by atoms with Crippen molar-refractivity contribution in [3.63, 3.8) is 0 Å². The van der Waals surface area contributed by atoms with Crippen molar-refractivity contribution in [3.8, 4) is 0 Å². The summed E-state index contributed by atoms with van der Waals surface area (Å²) in [5, 5.41) is 3.66. The number of nitrogens with zero attached hydrogens (tertiary/aromatic N) is 1. The van der Waals surface area contributed by atoms with Gasteiger partial charge in [0.05, 0.1) is 6.10 Å². The predicted molar refractivity (Wildman–Crippen MR) is 62.1 cm³/mol. The molecule has 2 fully saturated rings. The summed E-state index contributed by atoms with van der Waals surface area (Å²) in [4.78, 5) is 2.41. The first-order valence-electron chi connectivity index (χ1n) is 6.38. The van der Waals surface area contributed by atoms with Crippen LogP contribution in [0.25, 0.3) is 0 Å². The lowest BCUT2D eigenvalue weighted by Crippen LogP contribution is -2.44. The zero-order chi connectivity index (χ0) is 10.5. The Morgan fingerprint density at radius 3 is 2.67 bits per heavy atom. The first-order valence-corrected chi connectivity index (χ1v) is 6.38. The van der Waals surface area contributed by atoms with E-state index >= 15 is 0 Å². The van der Waals surface area contributed by atoms with Crippen LogP contribution in [0.4, 0.5) is 0 Å². The second-order valence-electron chi connectivity index (χ2n) is 4.97. The lowest BCUT2D eigenvalue weighted by Gasteiger charge is -2.31. The second kappa shape index (κ2) is 5.83. The minimum absolute atomic E-state index is 0.485. The number of nitrogens with one attached hydrogen (secondary N) is 1. The highest BCUT2D eigenvalue weighted by atomic mass is 16.5. The highest BCUT2D eigenvalue weighted by molar-refractivity contribution is 4.77. The molecule has 0 aromatic heterocycles. The van der Waals surface area contributed by atoms with E-state index in [1.54, 1.807) is 0 Å². The van der Waals surface area contributed by atoms with Gasteiger partial charge in [-0.3, -0.25) is 0 Å². The van der Waals surface area contributed by atoms with Gasteiger partial charge in [-0.1, -0.05) is 0 Å². The summed E-state index contributed by atoms with van der Waals surface area (Å²) >= 11 is 0. The molecule has 88 valence electrons. The van der Waals surface area contributed by atoms with E-state index in [1.165, 1.54) is 45.2 Å². The Bertz CT molecular complexity index is 172. The smallest absolute Gasteiger partial charge is 0.0699 e. The highest BCUT2D eigenvalue weighted by Crippen LogP contribution is 2.13. The summed E-state index contributed by atoms with van der Waals surface area (Å²) in [5.74, 6) is 0. The minimum Gasteiger partial charge on any atom is -0.377 e.